The third-order valence-electron chi connectivity index (χ3n) is 5.32. The molecule has 0 aliphatic carbocycles. The highest BCUT2D eigenvalue weighted by atomic mass is 35.5. The van der Waals surface area contributed by atoms with Crippen molar-refractivity contribution in [3.8, 4) is 5.75 Å². The maximum atomic E-state index is 6.56. The highest BCUT2D eigenvalue weighted by Crippen LogP contribution is 2.30. The maximum absolute atomic E-state index is 6.56. The summed E-state index contributed by atoms with van der Waals surface area (Å²) in [7, 11) is 0. The Morgan fingerprint density at radius 1 is 0.968 bits per heavy atom. The van der Waals surface area contributed by atoms with Crippen molar-refractivity contribution in [1.29, 1.82) is 0 Å². The summed E-state index contributed by atoms with van der Waals surface area (Å²) in [4.78, 5) is 2.25. The van der Waals surface area contributed by atoms with Crippen LogP contribution in [-0.4, -0.2) is 26.3 Å². The number of benzene rings is 3. The number of halogens is 2. The Bertz CT molecular complexity index is 1020. The first-order valence-electron chi connectivity index (χ1n) is 10.4. The van der Waals surface area contributed by atoms with Crippen LogP contribution in [0, 0.1) is 6.92 Å². The number of morpholine rings is 1. The van der Waals surface area contributed by atoms with Gasteiger partial charge in [-0.05, 0) is 48.9 Å². The molecule has 0 atom stereocenters. The Hall–Kier alpha value is -2.40. The molecule has 0 aromatic heterocycles. The summed E-state index contributed by atoms with van der Waals surface area (Å²) in [6.45, 7) is 6.35. The molecule has 1 heterocycles. The van der Waals surface area contributed by atoms with Crippen LogP contribution in [0.4, 0.5) is 11.4 Å². The summed E-state index contributed by atoms with van der Waals surface area (Å²) in [6, 6.07) is 20.1. The van der Waals surface area contributed by atoms with Crippen molar-refractivity contribution in [2.24, 2.45) is 0 Å². The highest BCUT2D eigenvalue weighted by molar-refractivity contribution is 6.33. The zero-order valence-corrected chi connectivity index (χ0v) is 19.0. The number of hydrogen-bond donors (Lipinski definition) is 1. The van der Waals surface area contributed by atoms with Crippen molar-refractivity contribution in [2.45, 2.75) is 20.1 Å². The van der Waals surface area contributed by atoms with Crippen LogP contribution in [0.5, 0.6) is 5.75 Å². The number of nitrogens with one attached hydrogen (secondary N) is 1. The molecule has 3 aromatic rings. The first-order valence-corrected chi connectivity index (χ1v) is 11.2. The molecule has 3 aromatic carbocycles. The first-order chi connectivity index (χ1) is 15.1. The number of hydrogen-bond acceptors (Lipinski definition) is 4. The van der Waals surface area contributed by atoms with Gasteiger partial charge in [-0.1, -0.05) is 53.0 Å². The SMILES string of the molecule is Cc1ccc(COc2ccc(Cl)cc2CNc2ccc(N3CCOCC3)c(Cl)c2)cc1. The topological polar surface area (TPSA) is 33.7 Å². The van der Waals surface area contributed by atoms with Crippen molar-refractivity contribution >= 4 is 34.6 Å². The number of nitrogens with zero attached hydrogens (tertiary/aromatic N) is 1. The summed E-state index contributed by atoms with van der Waals surface area (Å²) < 4.78 is 11.5. The van der Waals surface area contributed by atoms with Gasteiger partial charge in [0.25, 0.3) is 0 Å². The number of ether oxygens (including phenoxy) is 2. The van der Waals surface area contributed by atoms with Crippen molar-refractivity contribution < 1.29 is 9.47 Å². The second kappa shape index (κ2) is 10.3. The molecule has 4 nitrogen and oxygen atoms in total. The molecule has 1 aliphatic heterocycles. The molecule has 6 heteroatoms. The molecule has 0 unspecified atom stereocenters. The summed E-state index contributed by atoms with van der Waals surface area (Å²) in [5.41, 5.74) is 5.35. The number of rotatable bonds is 7. The van der Waals surface area contributed by atoms with Gasteiger partial charge in [-0.25, -0.2) is 0 Å². The zero-order chi connectivity index (χ0) is 21.6. The van der Waals surface area contributed by atoms with Gasteiger partial charge in [-0.2, -0.15) is 0 Å². The summed E-state index contributed by atoms with van der Waals surface area (Å²) in [5.74, 6) is 0.813. The third kappa shape index (κ3) is 5.85. The van der Waals surface area contributed by atoms with Gasteiger partial charge in [0, 0.05) is 35.9 Å². The van der Waals surface area contributed by atoms with Gasteiger partial charge in [-0.15, -0.1) is 0 Å². The van der Waals surface area contributed by atoms with Crippen molar-refractivity contribution in [2.75, 3.05) is 36.5 Å². The summed E-state index contributed by atoms with van der Waals surface area (Å²) in [5, 5.41) is 4.85. The third-order valence-corrected chi connectivity index (χ3v) is 5.86. The van der Waals surface area contributed by atoms with E-state index in [2.05, 4.69) is 47.5 Å². The van der Waals surface area contributed by atoms with Crippen LogP contribution in [0.15, 0.2) is 60.7 Å². The van der Waals surface area contributed by atoms with Gasteiger partial charge < -0.3 is 19.7 Å². The Morgan fingerprint density at radius 3 is 2.48 bits per heavy atom. The van der Waals surface area contributed by atoms with E-state index in [0.29, 0.717) is 18.2 Å². The second-order valence-electron chi connectivity index (χ2n) is 7.65. The fourth-order valence-corrected chi connectivity index (χ4v) is 4.04. The Labute approximate surface area is 193 Å². The highest BCUT2D eigenvalue weighted by Gasteiger charge is 2.14. The van der Waals surface area contributed by atoms with E-state index < -0.39 is 0 Å². The van der Waals surface area contributed by atoms with Gasteiger partial charge in [0.15, 0.2) is 0 Å². The molecule has 0 bridgehead atoms. The van der Waals surface area contributed by atoms with E-state index in [1.165, 1.54) is 5.56 Å². The van der Waals surface area contributed by atoms with Crippen LogP contribution in [0.3, 0.4) is 0 Å². The molecule has 1 fully saturated rings. The summed E-state index contributed by atoms with van der Waals surface area (Å²) in [6.07, 6.45) is 0. The lowest BCUT2D eigenvalue weighted by atomic mass is 10.1. The van der Waals surface area contributed by atoms with Crippen LogP contribution in [0.2, 0.25) is 10.0 Å². The molecule has 1 saturated heterocycles. The van der Waals surface area contributed by atoms with Crippen LogP contribution >= 0.6 is 23.2 Å². The van der Waals surface area contributed by atoms with E-state index in [-0.39, 0.29) is 0 Å². The maximum Gasteiger partial charge on any atom is 0.124 e. The minimum Gasteiger partial charge on any atom is -0.489 e. The predicted molar refractivity (Wildman–Crippen MR) is 129 cm³/mol. The van der Waals surface area contributed by atoms with Crippen molar-refractivity contribution in [3.05, 3.63) is 87.4 Å². The van der Waals surface area contributed by atoms with E-state index in [1.807, 2.05) is 30.3 Å². The van der Waals surface area contributed by atoms with Crippen molar-refractivity contribution in [1.82, 2.24) is 0 Å². The zero-order valence-electron chi connectivity index (χ0n) is 17.5. The lowest BCUT2D eigenvalue weighted by Crippen LogP contribution is -2.36. The Morgan fingerprint density at radius 2 is 1.74 bits per heavy atom. The minimum atomic E-state index is 0.509. The van der Waals surface area contributed by atoms with Gasteiger partial charge in [-0.3, -0.25) is 0 Å². The molecule has 0 radical (unpaired) electrons. The quantitative estimate of drug-likeness (QED) is 0.450. The van der Waals surface area contributed by atoms with Crippen LogP contribution in [-0.2, 0) is 17.9 Å². The molecule has 0 amide bonds. The molecule has 1 N–H and O–H groups in total. The van der Waals surface area contributed by atoms with E-state index in [1.54, 1.807) is 0 Å². The van der Waals surface area contributed by atoms with E-state index in [4.69, 9.17) is 32.7 Å². The monoisotopic (exact) mass is 456 g/mol. The standard InChI is InChI=1S/C25H26Cl2N2O2/c1-18-2-4-19(5-3-18)17-31-25-9-6-21(26)14-20(25)16-28-22-7-8-24(23(27)15-22)29-10-12-30-13-11-29/h2-9,14-15,28H,10-13,16-17H2,1H3. The fraction of sp³-hybridized carbons (Fsp3) is 0.280. The largest absolute Gasteiger partial charge is 0.489 e. The molecular formula is C25H26Cl2N2O2. The molecular weight excluding hydrogens is 431 g/mol. The lowest BCUT2D eigenvalue weighted by Gasteiger charge is -2.29. The van der Waals surface area contributed by atoms with Gasteiger partial charge in [0.05, 0.1) is 23.9 Å². The normalized spacial score (nSPS) is 13.8. The molecule has 0 spiro atoms. The average molecular weight is 457 g/mol. The number of aryl methyl sites for hydroxylation is 1. The molecule has 0 saturated carbocycles. The van der Waals surface area contributed by atoms with Gasteiger partial charge >= 0.3 is 0 Å². The Kier molecular flexibility index (Phi) is 7.23. The average Bonchev–Trinajstić information content (AvgIpc) is 2.79. The number of anilines is 2. The molecule has 31 heavy (non-hydrogen) atoms. The van der Waals surface area contributed by atoms with E-state index >= 15 is 0 Å². The van der Waals surface area contributed by atoms with Gasteiger partial charge in [0.2, 0.25) is 0 Å². The van der Waals surface area contributed by atoms with Crippen LogP contribution < -0.4 is 15.0 Å². The van der Waals surface area contributed by atoms with Crippen molar-refractivity contribution in [3.63, 3.8) is 0 Å². The first kappa shape index (κ1) is 21.8. The molecule has 4 rings (SSSR count). The minimum absolute atomic E-state index is 0.509. The fourth-order valence-electron chi connectivity index (χ4n) is 3.55. The van der Waals surface area contributed by atoms with Crippen LogP contribution in [0.25, 0.3) is 0 Å². The van der Waals surface area contributed by atoms with Gasteiger partial charge in [0.1, 0.15) is 12.4 Å². The predicted octanol–water partition coefficient (Wildman–Crippen LogP) is 6.33. The molecule has 162 valence electrons. The lowest BCUT2D eigenvalue weighted by molar-refractivity contribution is 0.122. The Balaban J connectivity index is 1.42. The van der Waals surface area contributed by atoms with E-state index in [9.17, 15) is 0 Å². The molecule has 1 aliphatic rings. The van der Waals surface area contributed by atoms with Crippen LogP contribution in [0.1, 0.15) is 16.7 Å². The second-order valence-corrected chi connectivity index (χ2v) is 8.49. The summed E-state index contributed by atoms with van der Waals surface area (Å²) >= 11 is 12.8. The van der Waals surface area contributed by atoms with E-state index in [0.717, 1.165) is 59.6 Å². The smallest absolute Gasteiger partial charge is 0.124 e.